The first kappa shape index (κ1) is 26.4. The molecular weight excluding hydrogens is 512 g/mol. The zero-order valence-electron chi connectivity index (χ0n) is 21.3. The third-order valence-electron chi connectivity index (χ3n) is 5.64. The predicted octanol–water partition coefficient (Wildman–Crippen LogP) is 5.66. The van der Waals surface area contributed by atoms with Crippen molar-refractivity contribution < 1.29 is 28.5 Å². The molecule has 0 saturated carbocycles. The van der Waals surface area contributed by atoms with E-state index in [1.165, 1.54) is 11.8 Å². The van der Waals surface area contributed by atoms with Gasteiger partial charge in [0.1, 0.15) is 0 Å². The predicted molar refractivity (Wildman–Crippen MR) is 147 cm³/mol. The van der Waals surface area contributed by atoms with Crippen LogP contribution in [-0.4, -0.2) is 52.2 Å². The van der Waals surface area contributed by atoms with Crippen molar-refractivity contribution in [1.29, 1.82) is 0 Å². The number of carbonyl (C=O) groups is 1. The van der Waals surface area contributed by atoms with Gasteiger partial charge in [-0.05, 0) is 29.8 Å². The molecule has 1 amide bonds. The average molecular weight is 541 g/mol. The molecule has 8 nitrogen and oxygen atoms in total. The fourth-order valence-electron chi connectivity index (χ4n) is 3.82. The van der Waals surface area contributed by atoms with Crippen molar-refractivity contribution in [3.8, 4) is 28.7 Å². The monoisotopic (exact) mass is 540 g/mol. The van der Waals surface area contributed by atoms with Crippen LogP contribution in [0.5, 0.6) is 28.7 Å². The van der Waals surface area contributed by atoms with Crippen molar-refractivity contribution in [3.05, 3.63) is 60.2 Å². The molecule has 0 N–H and O–H groups in total. The fraction of sp³-hybridized carbons (Fsp3) is 0.259. The average Bonchev–Trinajstić information content (AvgIpc) is 3.36. The number of thioether (sulfide) groups is 1. The first-order valence-electron chi connectivity index (χ1n) is 11.3. The Morgan fingerprint density at radius 1 is 0.838 bits per heavy atom. The van der Waals surface area contributed by atoms with Gasteiger partial charge >= 0.3 is 0 Å². The molecule has 1 aromatic heterocycles. The second-order valence-corrected chi connectivity index (χ2v) is 10.0. The van der Waals surface area contributed by atoms with Crippen molar-refractivity contribution in [1.82, 2.24) is 4.98 Å². The van der Waals surface area contributed by atoms with Crippen LogP contribution in [0.3, 0.4) is 0 Å². The van der Waals surface area contributed by atoms with E-state index in [2.05, 4.69) is 4.98 Å². The van der Waals surface area contributed by atoms with Crippen molar-refractivity contribution in [3.63, 3.8) is 0 Å². The first-order chi connectivity index (χ1) is 18.0. The van der Waals surface area contributed by atoms with Crippen LogP contribution in [0.15, 0.2) is 58.9 Å². The van der Waals surface area contributed by atoms with Crippen molar-refractivity contribution in [2.24, 2.45) is 0 Å². The number of rotatable bonds is 11. The van der Waals surface area contributed by atoms with Gasteiger partial charge in [-0.1, -0.05) is 30.0 Å². The minimum Gasteiger partial charge on any atom is -0.493 e. The normalized spacial score (nSPS) is 10.7. The topological polar surface area (TPSA) is 79.4 Å². The van der Waals surface area contributed by atoms with E-state index >= 15 is 0 Å². The van der Waals surface area contributed by atoms with Gasteiger partial charge in [0, 0.05) is 12.1 Å². The Morgan fingerprint density at radius 2 is 1.51 bits per heavy atom. The van der Waals surface area contributed by atoms with Gasteiger partial charge in [-0.25, -0.2) is 4.98 Å². The van der Waals surface area contributed by atoms with Gasteiger partial charge in [0.25, 0.3) is 0 Å². The van der Waals surface area contributed by atoms with E-state index in [-0.39, 0.29) is 18.2 Å². The van der Waals surface area contributed by atoms with E-state index in [1.54, 1.807) is 63.9 Å². The number of hydrogen-bond donors (Lipinski definition) is 0. The maximum absolute atomic E-state index is 13.7. The molecule has 0 atom stereocenters. The third kappa shape index (κ3) is 5.86. The molecule has 0 aliphatic rings. The molecule has 4 rings (SSSR count). The zero-order valence-corrected chi connectivity index (χ0v) is 22.9. The smallest absolute Gasteiger partial charge is 0.237 e. The third-order valence-corrected chi connectivity index (χ3v) is 7.81. The van der Waals surface area contributed by atoms with Gasteiger partial charge in [-0.15, -0.1) is 11.3 Å². The number of aromatic nitrogens is 1. The zero-order chi connectivity index (χ0) is 26.4. The summed E-state index contributed by atoms with van der Waals surface area (Å²) in [6.45, 7) is 0.290. The van der Waals surface area contributed by atoms with Crippen LogP contribution >= 0.6 is 23.1 Å². The molecule has 3 aromatic carbocycles. The molecule has 0 saturated heterocycles. The van der Waals surface area contributed by atoms with E-state index in [0.29, 0.717) is 34.4 Å². The van der Waals surface area contributed by atoms with Crippen LogP contribution in [0.2, 0.25) is 0 Å². The molecule has 0 aliphatic carbocycles. The number of nitrogens with zero attached hydrogens (tertiary/aromatic N) is 2. The standard InChI is InChI=1S/C27H28N2O6S2/c1-31-20-11-10-17(12-21(20)32-2)15-29(18-13-22(33-3)26(35-5)23(14-18)34-4)25(30)16-36-27-28-19-8-6-7-9-24(19)37-27/h6-14H,15-16H2,1-5H3. The van der Waals surface area contributed by atoms with Crippen LogP contribution in [0.25, 0.3) is 10.2 Å². The molecule has 0 spiro atoms. The lowest BCUT2D eigenvalue weighted by Crippen LogP contribution is -2.32. The molecule has 37 heavy (non-hydrogen) atoms. The summed E-state index contributed by atoms with van der Waals surface area (Å²) in [5.41, 5.74) is 2.40. The van der Waals surface area contributed by atoms with E-state index in [9.17, 15) is 4.79 Å². The van der Waals surface area contributed by atoms with Gasteiger partial charge in [0.15, 0.2) is 27.3 Å². The first-order valence-corrected chi connectivity index (χ1v) is 13.1. The van der Waals surface area contributed by atoms with E-state index in [4.69, 9.17) is 23.7 Å². The second-order valence-electron chi connectivity index (χ2n) is 7.79. The summed E-state index contributed by atoms with van der Waals surface area (Å²) in [6, 6.07) is 17.0. The lowest BCUT2D eigenvalue weighted by molar-refractivity contribution is -0.116. The van der Waals surface area contributed by atoms with Crippen LogP contribution < -0.4 is 28.6 Å². The number of benzene rings is 3. The molecule has 0 bridgehead atoms. The molecule has 1 heterocycles. The molecule has 0 radical (unpaired) electrons. The summed E-state index contributed by atoms with van der Waals surface area (Å²) in [7, 11) is 7.80. The quantitative estimate of drug-likeness (QED) is 0.225. The Labute approximate surface area is 224 Å². The molecule has 0 aliphatic heterocycles. The Bertz CT molecular complexity index is 1330. The summed E-state index contributed by atoms with van der Waals surface area (Å²) in [4.78, 5) is 20.0. The summed E-state index contributed by atoms with van der Waals surface area (Å²) in [5, 5.41) is 0. The van der Waals surface area contributed by atoms with Crippen LogP contribution in [-0.2, 0) is 11.3 Å². The highest BCUT2D eigenvalue weighted by atomic mass is 32.2. The lowest BCUT2D eigenvalue weighted by Gasteiger charge is -2.25. The Morgan fingerprint density at radius 3 is 2.14 bits per heavy atom. The fourth-order valence-corrected chi connectivity index (χ4v) is 5.77. The number of thiazole rings is 1. The summed E-state index contributed by atoms with van der Waals surface area (Å²) in [6.07, 6.45) is 0. The Hall–Kier alpha value is -3.63. The number of fused-ring (bicyclic) bond motifs is 1. The maximum Gasteiger partial charge on any atom is 0.237 e. The minimum atomic E-state index is -0.103. The highest BCUT2D eigenvalue weighted by Crippen LogP contribution is 2.42. The highest BCUT2D eigenvalue weighted by Gasteiger charge is 2.23. The van der Waals surface area contributed by atoms with Crippen molar-refractivity contribution in [2.75, 3.05) is 46.2 Å². The van der Waals surface area contributed by atoms with Gasteiger partial charge in [-0.3, -0.25) is 4.79 Å². The van der Waals surface area contributed by atoms with Gasteiger partial charge in [-0.2, -0.15) is 0 Å². The van der Waals surface area contributed by atoms with Crippen molar-refractivity contribution >= 4 is 44.9 Å². The number of ether oxygens (including phenoxy) is 5. The molecule has 4 aromatic rings. The van der Waals surface area contributed by atoms with E-state index in [1.807, 2.05) is 42.5 Å². The number of para-hydroxylation sites is 1. The number of carbonyl (C=O) groups excluding carboxylic acids is 1. The Kier molecular flexibility index (Phi) is 8.62. The molecule has 0 fully saturated rings. The summed E-state index contributed by atoms with van der Waals surface area (Å²) in [5.74, 6) is 2.67. The van der Waals surface area contributed by atoms with E-state index < -0.39 is 0 Å². The van der Waals surface area contributed by atoms with E-state index in [0.717, 1.165) is 20.1 Å². The van der Waals surface area contributed by atoms with Crippen LogP contribution in [0, 0.1) is 0 Å². The number of hydrogen-bond acceptors (Lipinski definition) is 9. The highest BCUT2D eigenvalue weighted by molar-refractivity contribution is 8.01. The molecule has 0 unspecified atom stereocenters. The SMILES string of the molecule is COc1ccc(CN(C(=O)CSc2nc3ccccc3s2)c2cc(OC)c(OC)c(OC)c2)cc1OC. The largest absolute Gasteiger partial charge is 0.493 e. The molecular formula is C27H28N2O6S2. The maximum atomic E-state index is 13.7. The molecule has 194 valence electrons. The Balaban J connectivity index is 1.67. The summed E-state index contributed by atoms with van der Waals surface area (Å²) < 4.78 is 29.3. The van der Waals surface area contributed by atoms with Crippen LogP contribution in [0.4, 0.5) is 5.69 Å². The summed E-state index contributed by atoms with van der Waals surface area (Å²) >= 11 is 2.98. The van der Waals surface area contributed by atoms with Crippen LogP contribution in [0.1, 0.15) is 5.56 Å². The van der Waals surface area contributed by atoms with Gasteiger partial charge in [0.2, 0.25) is 11.7 Å². The number of amides is 1. The van der Waals surface area contributed by atoms with Crippen molar-refractivity contribution in [2.45, 2.75) is 10.9 Å². The van der Waals surface area contributed by atoms with Gasteiger partial charge in [0.05, 0.1) is 63.8 Å². The lowest BCUT2D eigenvalue weighted by atomic mass is 10.1. The number of methoxy groups -OCH3 is 5. The van der Waals surface area contributed by atoms with Gasteiger partial charge < -0.3 is 28.6 Å². The second kappa shape index (κ2) is 12.1. The minimum absolute atomic E-state index is 0.103. The number of anilines is 1. The molecule has 10 heteroatoms.